The lowest BCUT2D eigenvalue weighted by Crippen LogP contribution is -2.11. The number of carbonyl (C=O) groups is 1. The minimum atomic E-state index is -0.490. The molecule has 0 aliphatic carbocycles. The summed E-state index contributed by atoms with van der Waals surface area (Å²) in [5.74, 6) is -0.490. The van der Waals surface area contributed by atoms with Gasteiger partial charge in [-0.15, -0.1) is 0 Å². The third-order valence-electron chi connectivity index (χ3n) is 2.46. The van der Waals surface area contributed by atoms with Gasteiger partial charge in [0.2, 0.25) is 5.28 Å². The topological polar surface area (TPSA) is 60.9 Å². The predicted molar refractivity (Wildman–Crippen MR) is 63.6 cm³/mol. The Labute approximate surface area is 98.0 Å². The van der Waals surface area contributed by atoms with Crippen molar-refractivity contribution in [2.45, 2.75) is 19.9 Å². The summed E-state index contributed by atoms with van der Waals surface area (Å²) in [5.41, 5.74) is 7.08. The minimum absolute atomic E-state index is 0.181. The van der Waals surface area contributed by atoms with Crippen LogP contribution in [0, 0.1) is 0 Å². The SMILES string of the molecule is CC(C)n1c(Cl)nc2c(C(N)=O)cccc21. The Hall–Kier alpha value is -1.55. The molecule has 0 unspecified atom stereocenters. The van der Waals surface area contributed by atoms with Crippen molar-refractivity contribution in [2.24, 2.45) is 5.73 Å². The molecule has 2 rings (SSSR count). The number of primary amides is 1. The van der Waals surface area contributed by atoms with E-state index in [9.17, 15) is 4.79 Å². The van der Waals surface area contributed by atoms with Gasteiger partial charge in [0.15, 0.2) is 0 Å². The average molecular weight is 238 g/mol. The van der Waals surface area contributed by atoms with Gasteiger partial charge >= 0.3 is 0 Å². The molecule has 84 valence electrons. The Morgan fingerprint density at radius 1 is 1.50 bits per heavy atom. The third kappa shape index (κ3) is 1.55. The number of rotatable bonds is 2. The van der Waals surface area contributed by atoms with Gasteiger partial charge < -0.3 is 10.3 Å². The van der Waals surface area contributed by atoms with E-state index in [1.165, 1.54) is 0 Å². The largest absolute Gasteiger partial charge is 0.366 e. The maximum Gasteiger partial charge on any atom is 0.250 e. The van der Waals surface area contributed by atoms with E-state index in [0.717, 1.165) is 5.52 Å². The van der Waals surface area contributed by atoms with Crippen LogP contribution in [0.4, 0.5) is 0 Å². The molecule has 0 bridgehead atoms. The molecule has 4 nitrogen and oxygen atoms in total. The van der Waals surface area contributed by atoms with Gasteiger partial charge in [-0.3, -0.25) is 4.79 Å². The summed E-state index contributed by atoms with van der Waals surface area (Å²) in [6.45, 7) is 4.01. The molecule has 0 radical (unpaired) electrons. The van der Waals surface area contributed by atoms with E-state index < -0.39 is 5.91 Å². The lowest BCUT2D eigenvalue weighted by molar-refractivity contribution is 0.100. The molecule has 0 aliphatic rings. The van der Waals surface area contributed by atoms with E-state index in [0.29, 0.717) is 16.4 Å². The molecule has 1 aromatic heterocycles. The number of carbonyl (C=O) groups excluding carboxylic acids is 1. The number of amides is 1. The van der Waals surface area contributed by atoms with E-state index in [1.54, 1.807) is 12.1 Å². The van der Waals surface area contributed by atoms with Crippen LogP contribution in [0.15, 0.2) is 18.2 Å². The lowest BCUT2D eigenvalue weighted by atomic mass is 10.1. The predicted octanol–water partition coefficient (Wildman–Crippen LogP) is 2.37. The highest BCUT2D eigenvalue weighted by Crippen LogP contribution is 2.26. The average Bonchev–Trinajstić information content (AvgIpc) is 2.52. The van der Waals surface area contributed by atoms with Crippen LogP contribution >= 0.6 is 11.6 Å². The summed E-state index contributed by atoms with van der Waals surface area (Å²) in [6, 6.07) is 5.49. The molecule has 0 saturated carbocycles. The van der Waals surface area contributed by atoms with Crippen LogP contribution in [-0.4, -0.2) is 15.5 Å². The first-order valence-corrected chi connectivity index (χ1v) is 5.36. The van der Waals surface area contributed by atoms with Gasteiger partial charge in [-0.05, 0) is 37.6 Å². The first-order chi connectivity index (χ1) is 7.52. The van der Waals surface area contributed by atoms with E-state index in [4.69, 9.17) is 17.3 Å². The maximum absolute atomic E-state index is 11.2. The summed E-state index contributed by atoms with van der Waals surface area (Å²) in [6.07, 6.45) is 0. The molecular weight excluding hydrogens is 226 g/mol. The highest BCUT2D eigenvalue weighted by molar-refractivity contribution is 6.29. The number of nitrogens with two attached hydrogens (primary N) is 1. The number of halogens is 1. The first-order valence-electron chi connectivity index (χ1n) is 4.98. The fraction of sp³-hybridized carbons (Fsp3) is 0.273. The van der Waals surface area contributed by atoms with Crippen molar-refractivity contribution in [3.63, 3.8) is 0 Å². The number of aromatic nitrogens is 2. The third-order valence-corrected chi connectivity index (χ3v) is 2.73. The molecule has 5 heteroatoms. The fourth-order valence-electron chi connectivity index (χ4n) is 1.78. The monoisotopic (exact) mass is 237 g/mol. The Morgan fingerprint density at radius 3 is 2.75 bits per heavy atom. The summed E-state index contributed by atoms with van der Waals surface area (Å²) in [5, 5.41) is 0.374. The molecule has 0 fully saturated rings. The molecular formula is C11H12ClN3O. The van der Waals surface area contributed by atoms with Gasteiger partial charge in [-0.25, -0.2) is 4.98 Å². The number of fused-ring (bicyclic) bond motifs is 1. The minimum Gasteiger partial charge on any atom is -0.366 e. The van der Waals surface area contributed by atoms with Crippen LogP contribution in [-0.2, 0) is 0 Å². The molecule has 1 aromatic carbocycles. The number of para-hydroxylation sites is 1. The van der Waals surface area contributed by atoms with Crippen LogP contribution in [0.1, 0.15) is 30.2 Å². The van der Waals surface area contributed by atoms with Crippen LogP contribution < -0.4 is 5.73 Å². The summed E-state index contributed by atoms with van der Waals surface area (Å²) in [7, 11) is 0. The van der Waals surface area contributed by atoms with Crippen molar-refractivity contribution in [3.05, 3.63) is 29.0 Å². The van der Waals surface area contributed by atoms with Gasteiger partial charge in [-0.2, -0.15) is 0 Å². The Kier molecular flexibility index (Phi) is 2.59. The van der Waals surface area contributed by atoms with Crippen molar-refractivity contribution in [3.8, 4) is 0 Å². The zero-order chi connectivity index (χ0) is 11.9. The number of nitrogens with zero attached hydrogens (tertiary/aromatic N) is 2. The fourth-order valence-corrected chi connectivity index (χ4v) is 2.15. The van der Waals surface area contributed by atoms with Gasteiger partial charge in [0.05, 0.1) is 11.1 Å². The van der Waals surface area contributed by atoms with Crippen LogP contribution in [0.3, 0.4) is 0 Å². The van der Waals surface area contributed by atoms with Gasteiger partial charge in [0.1, 0.15) is 5.52 Å². The highest BCUT2D eigenvalue weighted by Gasteiger charge is 2.15. The van der Waals surface area contributed by atoms with Crippen molar-refractivity contribution in [1.82, 2.24) is 9.55 Å². The Balaban J connectivity index is 2.83. The molecule has 0 atom stereocenters. The highest BCUT2D eigenvalue weighted by atomic mass is 35.5. The lowest BCUT2D eigenvalue weighted by Gasteiger charge is -2.09. The molecule has 1 heterocycles. The maximum atomic E-state index is 11.2. The molecule has 1 amide bonds. The zero-order valence-corrected chi connectivity index (χ0v) is 9.82. The first kappa shape index (κ1) is 11.0. The van der Waals surface area contributed by atoms with E-state index in [2.05, 4.69) is 4.98 Å². The van der Waals surface area contributed by atoms with Gasteiger partial charge in [-0.1, -0.05) is 6.07 Å². The molecule has 2 aromatic rings. The smallest absolute Gasteiger partial charge is 0.250 e. The van der Waals surface area contributed by atoms with Crippen LogP contribution in [0.2, 0.25) is 5.28 Å². The normalized spacial score (nSPS) is 11.2. The van der Waals surface area contributed by atoms with Crippen molar-refractivity contribution in [1.29, 1.82) is 0 Å². The second-order valence-electron chi connectivity index (χ2n) is 3.88. The van der Waals surface area contributed by atoms with Crippen LogP contribution in [0.25, 0.3) is 11.0 Å². The molecule has 2 N–H and O–H groups in total. The Morgan fingerprint density at radius 2 is 2.19 bits per heavy atom. The number of hydrogen-bond acceptors (Lipinski definition) is 2. The molecule has 0 spiro atoms. The van der Waals surface area contributed by atoms with Crippen LogP contribution in [0.5, 0.6) is 0 Å². The summed E-state index contributed by atoms with van der Waals surface area (Å²) < 4.78 is 1.86. The summed E-state index contributed by atoms with van der Waals surface area (Å²) in [4.78, 5) is 15.4. The van der Waals surface area contributed by atoms with Crippen molar-refractivity contribution < 1.29 is 4.79 Å². The van der Waals surface area contributed by atoms with E-state index >= 15 is 0 Å². The van der Waals surface area contributed by atoms with E-state index in [1.807, 2.05) is 24.5 Å². The standard InChI is InChI=1S/C11H12ClN3O/c1-6(2)15-8-5-3-4-7(10(13)16)9(8)14-11(15)12/h3-6H,1-2H3,(H2,13,16). The quantitative estimate of drug-likeness (QED) is 0.872. The molecule has 0 saturated heterocycles. The van der Waals surface area contributed by atoms with Crippen molar-refractivity contribution >= 4 is 28.5 Å². The molecule has 0 aliphatic heterocycles. The van der Waals surface area contributed by atoms with E-state index in [-0.39, 0.29) is 6.04 Å². The van der Waals surface area contributed by atoms with Gasteiger partial charge in [0.25, 0.3) is 5.91 Å². The van der Waals surface area contributed by atoms with Gasteiger partial charge in [0, 0.05) is 6.04 Å². The molecule has 16 heavy (non-hydrogen) atoms. The summed E-state index contributed by atoms with van der Waals surface area (Å²) >= 11 is 6.04. The second-order valence-corrected chi connectivity index (χ2v) is 4.22. The number of hydrogen-bond donors (Lipinski definition) is 1. The zero-order valence-electron chi connectivity index (χ0n) is 9.07. The second kappa shape index (κ2) is 3.79. The number of imidazole rings is 1. The van der Waals surface area contributed by atoms with Crippen molar-refractivity contribution in [2.75, 3.05) is 0 Å². The number of benzene rings is 1. The Bertz CT molecular complexity index is 560.